The molecule has 6 nitrogen and oxygen atoms in total. The number of pyridine rings is 1. The van der Waals surface area contributed by atoms with E-state index in [2.05, 4.69) is 20.1 Å². The van der Waals surface area contributed by atoms with Crippen molar-refractivity contribution >= 4 is 23.3 Å². The summed E-state index contributed by atoms with van der Waals surface area (Å²) in [4.78, 5) is 33.8. The van der Waals surface area contributed by atoms with E-state index in [9.17, 15) is 9.59 Å². The molecule has 29 heavy (non-hydrogen) atoms. The maximum atomic E-state index is 13.0. The first-order chi connectivity index (χ1) is 14.1. The number of rotatable bonds is 4. The maximum Gasteiger partial charge on any atom is 0.222 e. The fourth-order valence-corrected chi connectivity index (χ4v) is 5.49. The van der Waals surface area contributed by atoms with Crippen LogP contribution in [0, 0.1) is 11.8 Å². The van der Waals surface area contributed by atoms with E-state index in [1.165, 1.54) is 45.4 Å². The summed E-state index contributed by atoms with van der Waals surface area (Å²) in [6.07, 6.45) is 12.3. The number of hydrogen-bond acceptors (Lipinski definition) is 4. The van der Waals surface area contributed by atoms with Gasteiger partial charge in [0.15, 0.2) is 5.82 Å². The highest BCUT2D eigenvalue weighted by atomic mass is 16.2. The molecule has 0 spiro atoms. The Hall–Kier alpha value is -2.11. The van der Waals surface area contributed by atoms with E-state index in [-0.39, 0.29) is 11.9 Å². The molecule has 1 aromatic heterocycles. The second-order valence-electron chi connectivity index (χ2n) is 9.08. The Labute approximate surface area is 174 Å². The summed E-state index contributed by atoms with van der Waals surface area (Å²) in [6, 6.07) is 4.07. The lowest BCUT2D eigenvalue weighted by Gasteiger charge is -2.32. The fourth-order valence-electron chi connectivity index (χ4n) is 5.49. The van der Waals surface area contributed by atoms with Gasteiger partial charge in [-0.3, -0.25) is 9.59 Å². The lowest BCUT2D eigenvalue weighted by atomic mass is 9.87. The summed E-state index contributed by atoms with van der Waals surface area (Å²) in [5.41, 5.74) is 0.771. The van der Waals surface area contributed by atoms with Gasteiger partial charge in [-0.2, -0.15) is 0 Å². The van der Waals surface area contributed by atoms with Crippen molar-refractivity contribution in [3.63, 3.8) is 0 Å². The average molecular weight is 399 g/mol. The number of hydrogen-bond donors (Lipinski definition) is 1. The molecule has 0 bridgehead atoms. The lowest BCUT2D eigenvalue weighted by Crippen LogP contribution is -2.42. The van der Waals surface area contributed by atoms with Gasteiger partial charge in [-0.15, -0.1) is 0 Å². The molecule has 3 heterocycles. The molecule has 0 unspecified atom stereocenters. The standard InChI is InChI=1S/C23H34N4O2/c1-17(28)25-20-11-7-12-24-23(20)27-13-6-5-10-19-15-26(16-21(19)27)22(29)14-18-8-3-2-4-9-18/h7,11-12,18-19,21H,2-6,8-10,13-16H2,1H3,(H,25,28)/t19-,21+/m1/s1. The van der Waals surface area contributed by atoms with E-state index >= 15 is 0 Å². The van der Waals surface area contributed by atoms with Crippen LogP contribution >= 0.6 is 0 Å². The zero-order valence-electron chi connectivity index (χ0n) is 17.6. The molecule has 3 aliphatic rings. The number of carbonyl (C=O) groups is 2. The fraction of sp³-hybridized carbons (Fsp3) is 0.696. The summed E-state index contributed by atoms with van der Waals surface area (Å²) in [7, 11) is 0. The first-order valence-electron chi connectivity index (χ1n) is 11.4. The Morgan fingerprint density at radius 3 is 2.69 bits per heavy atom. The van der Waals surface area contributed by atoms with Gasteiger partial charge in [0.25, 0.3) is 0 Å². The van der Waals surface area contributed by atoms with Crippen LogP contribution in [0.25, 0.3) is 0 Å². The van der Waals surface area contributed by atoms with Crippen LogP contribution in [-0.2, 0) is 9.59 Å². The number of nitrogens with zero attached hydrogens (tertiary/aromatic N) is 3. The molecule has 2 atom stereocenters. The van der Waals surface area contributed by atoms with E-state index in [1.54, 1.807) is 6.20 Å². The van der Waals surface area contributed by atoms with Gasteiger partial charge >= 0.3 is 0 Å². The highest BCUT2D eigenvalue weighted by Crippen LogP contribution is 2.36. The molecule has 0 radical (unpaired) electrons. The number of fused-ring (bicyclic) bond motifs is 1. The Kier molecular flexibility index (Phi) is 6.36. The molecule has 4 rings (SSSR count). The van der Waals surface area contributed by atoms with Crippen molar-refractivity contribution in [2.45, 2.75) is 70.8 Å². The van der Waals surface area contributed by atoms with Gasteiger partial charge in [-0.25, -0.2) is 4.98 Å². The summed E-state index contributed by atoms with van der Waals surface area (Å²) in [6.45, 7) is 4.11. The molecule has 1 aromatic rings. The minimum atomic E-state index is -0.0821. The molecule has 1 saturated carbocycles. The van der Waals surface area contributed by atoms with Crippen LogP contribution in [0.15, 0.2) is 18.3 Å². The predicted octanol–water partition coefficient (Wildman–Crippen LogP) is 3.83. The molecule has 158 valence electrons. The number of anilines is 2. The topological polar surface area (TPSA) is 65.5 Å². The monoisotopic (exact) mass is 398 g/mol. The third-order valence-corrected chi connectivity index (χ3v) is 6.94. The molecular weight excluding hydrogens is 364 g/mol. The van der Waals surface area contributed by atoms with Gasteiger partial charge in [0, 0.05) is 39.2 Å². The molecule has 3 fully saturated rings. The normalized spacial score (nSPS) is 25.4. The van der Waals surface area contributed by atoms with E-state index in [1.807, 2.05) is 12.1 Å². The molecule has 1 aliphatic carbocycles. The smallest absolute Gasteiger partial charge is 0.222 e. The van der Waals surface area contributed by atoms with E-state index < -0.39 is 0 Å². The number of nitrogens with one attached hydrogen (secondary N) is 1. The van der Waals surface area contributed by atoms with Gasteiger partial charge in [0.1, 0.15) is 0 Å². The van der Waals surface area contributed by atoms with E-state index in [0.29, 0.717) is 17.7 Å². The number of aromatic nitrogens is 1. The van der Waals surface area contributed by atoms with Crippen molar-refractivity contribution in [2.24, 2.45) is 11.8 Å². The molecule has 0 aromatic carbocycles. The van der Waals surface area contributed by atoms with Gasteiger partial charge in [-0.1, -0.05) is 25.7 Å². The van der Waals surface area contributed by atoms with Crippen LogP contribution in [0.3, 0.4) is 0 Å². The van der Waals surface area contributed by atoms with Crippen molar-refractivity contribution in [3.8, 4) is 0 Å². The van der Waals surface area contributed by atoms with Crippen molar-refractivity contribution in [3.05, 3.63) is 18.3 Å². The quantitative estimate of drug-likeness (QED) is 0.837. The van der Waals surface area contributed by atoms with Gasteiger partial charge in [0.05, 0.1) is 11.7 Å². The SMILES string of the molecule is CC(=O)Nc1cccnc1N1CCCC[C@@H]2CN(C(=O)CC3CCCCC3)C[C@@H]21. The van der Waals surface area contributed by atoms with Gasteiger partial charge < -0.3 is 15.1 Å². The van der Waals surface area contributed by atoms with Crippen LogP contribution in [-0.4, -0.2) is 47.4 Å². The molecule has 1 N–H and O–H groups in total. The van der Waals surface area contributed by atoms with Crippen LogP contribution in [0.4, 0.5) is 11.5 Å². The van der Waals surface area contributed by atoms with E-state index in [4.69, 9.17) is 0 Å². The highest BCUT2D eigenvalue weighted by Gasteiger charge is 2.40. The maximum absolute atomic E-state index is 13.0. The zero-order chi connectivity index (χ0) is 20.2. The first kappa shape index (κ1) is 20.2. The summed E-state index contributed by atoms with van der Waals surface area (Å²) < 4.78 is 0. The van der Waals surface area contributed by atoms with Crippen LogP contribution in [0.2, 0.25) is 0 Å². The Morgan fingerprint density at radius 2 is 1.90 bits per heavy atom. The lowest BCUT2D eigenvalue weighted by molar-refractivity contribution is -0.131. The van der Waals surface area contributed by atoms with Crippen LogP contribution in [0.1, 0.15) is 64.7 Å². The Bertz CT molecular complexity index is 731. The minimum Gasteiger partial charge on any atom is -0.350 e. The molecule has 2 saturated heterocycles. The highest BCUT2D eigenvalue weighted by molar-refractivity contribution is 5.92. The number of likely N-dealkylation sites (tertiary alicyclic amines) is 1. The van der Waals surface area contributed by atoms with Crippen LogP contribution in [0.5, 0.6) is 0 Å². The molecular formula is C23H34N4O2. The Balaban J connectivity index is 1.49. The Morgan fingerprint density at radius 1 is 1.10 bits per heavy atom. The van der Waals surface area contributed by atoms with Crippen molar-refractivity contribution in [2.75, 3.05) is 29.9 Å². The summed E-state index contributed by atoms with van der Waals surface area (Å²) in [5, 5.41) is 2.94. The summed E-state index contributed by atoms with van der Waals surface area (Å²) >= 11 is 0. The van der Waals surface area contributed by atoms with Crippen LogP contribution < -0.4 is 10.2 Å². The second-order valence-corrected chi connectivity index (χ2v) is 9.08. The van der Waals surface area contributed by atoms with E-state index in [0.717, 1.165) is 50.4 Å². The number of amides is 2. The number of carbonyl (C=O) groups excluding carboxylic acids is 2. The third-order valence-electron chi connectivity index (χ3n) is 6.94. The second kappa shape index (κ2) is 9.14. The molecule has 2 amide bonds. The predicted molar refractivity (Wildman–Crippen MR) is 115 cm³/mol. The summed E-state index contributed by atoms with van der Waals surface area (Å²) in [5.74, 6) is 2.18. The average Bonchev–Trinajstić information content (AvgIpc) is 3.04. The van der Waals surface area contributed by atoms with Crippen molar-refractivity contribution in [1.29, 1.82) is 0 Å². The largest absolute Gasteiger partial charge is 0.350 e. The first-order valence-corrected chi connectivity index (χ1v) is 11.4. The molecule has 6 heteroatoms. The van der Waals surface area contributed by atoms with Crippen molar-refractivity contribution < 1.29 is 9.59 Å². The van der Waals surface area contributed by atoms with Gasteiger partial charge in [-0.05, 0) is 49.7 Å². The zero-order valence-corrected chi connectivity index (χ0v) is 17.6. The van der Waals surface area contributed by atoms with Crippen molar-refractivity contribution in [1.82, 2.24) is 9.88 Å². The molecule has 2 aliphatic heterocycles. The minimum absolute atomic E-state index is 0.0821. The third kappa shape index (κ3) is 4.73. The van der Waals surface area contributed by atoms with Gasteiger partial charge in [0.2, 0.25) is 11.8 Å².